The van der Waals surface area contributed by atoms with E-state index in [1.165, 1.54) is 19.3 Å². The molecule has 2 aliphatic heterocycles. The molecule has 3 nitrogen and oxygen atoms in total. The normalized spacial score (nSPS) is 35.8. The molecule has 1 atom stereocenters. The minimum atomic E-state index is 0.0399. The maximum absolute atomic E-state index is 5.94. The molecule has 0 saturated carbocycles. The highest BCUT2D eigenvalue weighted by molar-refractivity contribution is 4.96. The molecule has 2 fully saturated rings. The molecule has 2 saturated heterocycles. The molecule has 0 aromatic heterocycles. The van der Waals surface area contributed by atoms with Crippen molar-refractivity contribution in [2.75, 3.05) is 33.4 Å². The maximum Gasteiger partial charge on any atom is 0.0966 e. The van der Waals surface area contributed by atoms with Gasteiger partial charge in [-0.3, -0.25) is 0 Å². The summed E-state index contributed by atoms with van der Waals surface area (Å²) in [6.07, 6.45) is 3.68. The average Bonchev–Trinajstić information content (AvgIpc) is 2.02. The summed E-state index contributed by atoms with van der Waals surface area (Å²) >= 11 is 0. The van der Waals surface area contributed by atoms with Crippen LogP contribution in [-0.2, 0) is 9.47 Å². The highest BCUT2D eigenvalue weighted by atomic mass is 16.5. The van der Waals surface area contributed by atoms with Crippen LogP contribution < -0.4 is 5.32 Å². The Morgan fingerprint density at radius 3 is 2.77 bits per heavy atom. The van der Waals surface area contributed by atoms with Gasteiger partial charge in [0.05, 0.1) is 12.2 Å². The molecule has 2 aliphatic rings. The number of hydrogen-bond donors (Lipinski definition) is 1. The Labute approximate surface area is 79.8 Å². The second-order valence-electron chi connectivity index (χ2n) is 4.16. The molecule has 13 heavy (non-hydrogen) atoms. The third kappa shape index (κ3) is 1.73. The van der Waals surface area contributed by atoms with Gasteiger partial charge in [-0.1, -0.05) is 0 Å². The van der Waals surface area contributed by atoms with Crippen LogP contribution in [0.25, 0.3) is 0 Å². The quantitative estimate of drug-likeness (QED) is 0.705. The molecular formula is C10H19NO2. The molecule has 0 aromatic rings. The summed E-state index contributed by atoms with van der Waals surface area (Å²) in [5, 5.41) is 3.31. The largest absolute Gasteiger partial charge is 0.382 e. The average molecular weight is 185 g/mol. The Hall–Kier alpha value is -0.120. The van der Waals surface area contributed by atoms with Gasteiger partial charge in [-0.25, -0.2) is 0 Å². The third-order valence-corrected chi connectivity index (χ3v) is 3.30. The fourth-order valence-corrected chi connectivity index (χ4v) is 2.33. The standard InChI is InChI=1S/C10H19NO2/c1-12-8-10(9-6-11-7-9)4-2-3-5-13-10/h9,11H,2-8H2,1H3. The van der Waals surface area contributed by atoms with E-state index in [1.54, 1.807) is 7.11 Å². The van der Waals surface area contributed by atoms with Gasteiger partial charge >= 0.3 is 0 Å². The van der Waals surface area contributed by atoms with Crippen molar-refractivity contribution in [2.45, 2.75) is 24.9 Å². The van der Waals surface area contributed by atoms with Gasteiger partial charge in [0.15, 0.2) is 0 Å². The van der Waals surface area contributed by atoms with Crippen molar-refractivity contribution in [3.8, 4) is 0 Å². The van der Waals surface area contributed by atoms with Crippen molar-refractivity contribution in [1.82, 2.24) is 5.32 Å². The van der Waals surface area contributed by atoms with Gasteiger partial charge in [0.2, 0.25) is 0 Å². The smallest absolute Gasteiger partial charge is 0.0966 e. The minimum absolute atomic E-state index is 0.0399. The molecule has 2 heterocycles. The van der Waals surface area contributed by atoms with E-state index < -0.39 is 0 Å². The van der Waals surface area contributed by atoms with E-state index in [0.717, 1.165) is 26.3 Å². The lowest BCUT2D eigenvalue weighted by Crippen LogP contribution is -2.60. The second kappa shape index (κ2) is 3.95. The van der Waals surface area contributed by atoms with Gasteiger partial charge in [0.25, 0.3) is 0 Å². The van der Waals surface area contributed by atoms with Gasteiger partial charge in [-0.2, -0.15) is 0 Å². The highest BCUT2D eigenvalue weighted by Crippen LogP contribution is 2.34. The Bertz CT molecular complexity index is 157. The first-order valence-corrected chi connectivity index (χ1v) is 5.21. The summed E-state index contributed by atoms with van der Waals surface area (Å²) < 4.78 is 11.2. The van der Waals surface area contributed by atoms with Gasteiger partial charge in [0.1, 0.15) is 0 Å². The molecule has 0 aromatic carbocycles. The van der Waals surface area contributed by atoms with E-state index in [0.29, 0.717) is 5.92 Å². The summed E-state index contributed by atoms with van der Waals surface area (Å²) in [6.45, 7) is 3.88. The van der Waals surface area contributed by atoms with Crippen molar-refractivity contribution in [3.05, 3.63) is 0 Å². The lowest BCUT2D eigenvalue weighted by Gasteiger charge is -2.47. The van der Waals surface area contributed by atoms with Crippen LogP contribution >= 0.6 is 0 Å². The minimum Gasteiger partial charge on any atom is -0.382 e. The molecular weight excluding hydrogens is 166 g/mol. The van der Waals surface area contributed by atoms with Crippen LogP contribution in [0.15, 0.2) is 0 Å². The Morgan fingerprint density at radius 1 is 1.46 bits per heavy atom. The second-order valence-corrected chi connectivity index (χ2v) is 4.16. The van der Waals surface area contributed by atoms with Gasteiger partial charge in [0, 0.05) is 32.7 Å². The molecule has 2 rings (SSSR count). The van der Waals surface area contributed by atoms with Crippen LogP contribution in [-0.4, -0.2) is 39.0 Å². The zero-order valence-corrected chi connectivity index (χ0v) is 8.34. The van der Waals surface area contributed by atoms with Crippen LogP contribution in [0.3, 0.4) is 0 Å². The van der Waals surface area contributed by atoms with Crippen LogP contribution in [0.5, 0.6) is 0 Å². The van der Waals surface area contributed by atoms with Crippen LogP contribution in [0.1, 0.15) is 19.3 Å². The fraction of sp³-hybridized carbons (Fsp3) is 1.00. The maximum atomic E-state index is 5.94. The van der Waals surface area contributed by atoms with Gasteiger partial charge in [-0.15, -0.1) is 0 Å². The third-order valence-electron chi connectivity index (χ3n) is 3.30. The number of ether oxygens (including phenoxy) is 2. The van der Waals surface area contributed by atoms with Crippen molar-refractivity contribution >= 4 is 0 Å². The molecule has 0 radical (unpaired) electrons. The SMILES string of the molecule is COCC1(C2CNC2)CCCCO1. The van der Waals surface area contributed by atoms with E-state index in [2.05, 4.69) is 5.32 Å². The Morgan fingerprint density at radius 2 is 2.31 bits per heavy atom. The summed E-state index contributed by atoms with van der Waals surface area (Å²) in [6, 6.07) is 0. The number of rotatable bonds is 3. The lowest BCUT2D eigenvalue weighted by atomic mass is 9.78. The molecule has 0 aliphatic carbocycles. The first-order valence-electron chi connectivity index (χ1n) is 5.21. The van der Waals surface area contributed by atoms with Crippen LogP contribution in [0, 0.1) is 5.92 Å². The zero-order chi connectivity index (χ0) is 9.15. The first-order chi connectivity index (χ1) is 6.37. The molecule has 3 heteroatoms. The van der Waals surface area contributed by atoms with E-state index in [9.17, 15) is 0 Å². The molecule has 76 valence electrons. The first kappa shape index (κ1) is 9.44. The number of nitrogens with one attached hydrogen (secondary N) is 1. The Balaban J connectivity index is 1.99. The van der Waals surface area contributed by atoms with Gasteiger partial charge < -0.3 is 14.8 Å². The lowest BCUT2D eigenvalue weighted by molar-refractivity contribution is -0.158. The molecule has 1 unspecified atom stereocenters. The predicted molar refractivity (Wildman–Crippen MR) is 50.8 cm³/mol. The van der Waals surface area contributed by atoms with E-state index in [4.69, 9.17) is 9.47 Å². The number of hydrogen-bond acceptors (Lipinski definition) is 3. The van der Waals surface area contributed by atoms with Crippen LogP contribution in [0.4, 0.5) is 0 Å². The van der Waals surface area contributed by atoms with Crippen molar-refractivity contribution in [3.63, 3.8) is 0 Å². The summed E-state index contributed by atoms with van der Waals surface area (Å²) in [7, 11) is 1.77. The Kier molecular flexibility index (Phi) is 2.86. The fourth-order valence-electron chi connectivity index (χ4n) is 2.33. The summed E-state index contributed by atoms with van der Waals surface area (Å²) in [4.78, 5) is 0. The highest BCUT2D eigenvalue weighted by Gasteiger charge is 2.43. The van der Waals surface area contributed by atoms with E-state index in [1.807, 2.05) is 0 Å². The molecule has 0 spiro atoms. The zero-order valence-electron chi connectivity index (χ0n) is 8.34. The summed E-state index contributed by atoms with van der Waals surface area (Å²) in [5.74, 6) is 0.674. The number of methoxy groups -OCH3 is 1. The topological polar surface area (TPSA) is 30.5 Å². The van der Waals surface area contributed by atoms with Crippen molar-refractivity contribution in [2.24, 2.45) is 5.92 Å². The van der Waals surface area contributed by atoms with Crippen molar-refractivity contribution in [1.29, 1.82) is 0 Å². The summed E-state index contributed by atoms with van der Waals surface area (Å²) in [5.41, 5.74) is 0.0399. The molecule has 1 N–H and O–H groups in total. The molecule has 0 amide bonds. The van der Waals surface area contributed by atoms with Crippen LogP contribution in [0.2, 0.25) is 0 Å². The molecule has 0 bridgehead atoms. The van der Waals surface area contributed by atoms with E-state index in [-0.39, 0.29) is 5.60 Å². The van der Waals surface area contributed by atoms with Crippen molar-refractivity contribution < 1.29 is 9.47 Å². The predicted octanol–water partition coefficient (Wildman–Crippen LogP) is 0.791. The monoisotopic (exact) mass is 185 g/mol. The van der Waals surface area contributed by atoms with Gasteiger partial charge in [-0.05, 0) is 19.3 Å². The van der Waals surface area contributed by atoms with E-state index >= 15 is 0 Å².